The molecule has 0 radical (unpaired) electrons. The van der Waals surface area contributed by atoms with Gasteiger partial charge in [0.05, 0.1) is 11.7 Å². The second-order valence-electron chi connectivity index (χ2n) is 5.30. The van der Waals surface area contributed by atoms with Crippen LogP contribution in [-0.2, 0) is 6.42 Å². The van der Waals surface area contributed by atoms with E-state index in [-0.39, 0.29) is 0 Å². The zero-order valence-electron chi connectivity index (χ0n) is 11.7. The number of hydrogen-bond acceptors (Lipinski definition) is 2. The predicted molar refractivity (Wildman–Crippen MR) is 78.1 cm³/mol. The van der Waals surface area contributed by atoms with Crippen LogP contribution in [0.5, 0.6) is 0 Å². The number of H-pyrrole nitrogens is 1. The van der Waals surface area contributed by atoms with E-state index >= 15 is 0 Å². The first-order chi connectivity index (χ1) is 9.28. The number of rotatable bonds is 3. The summed E-state index contributed by atoms with van der Waals surface area (Å²) >= 11 is 0. The minimum Gasteiger partial charge on any atom is -0.344 e. The van der Waals surface area contributed by atoms with Crippen molar-refractivity contribution in [2.75, 3.05) is 6.54 Å². The quantitative estimate of drug-likeness (QED) is 0.882. The lowest BCUT2D eigenvalue weighted by Gasteiger charge is -2.05. The molecular weight excluding hydrogens is 234 g/mol. The second-order valence-corrected chi connectivity index (χ2v) is 5.30. The number of aromatic nitrogens is 2. The van der Waals surface area contributed by atoms with Crippen LogP contribution in [0.25, 0.3) is 11.3 Å². The highest BCUT2D eigenvalue weighted by molar-refractivity contribution is 5.62. The summed E-state index contributed by atoms with van der Waals surface area (Å²) in [4.78, 5) is 8.24. The molecule has 1 atom stereocenters. The van der Waals surface area contributed by atoms with Gasteiger partial charge in [-0.3, -0.25) is 0 Å². The van der Waals surface area contributed by atoms with Crippen molar-refractivity contribution in [3.8, 4) is 11.3 Å². The molecule has 1 aliphatic rings. The lowest BCUT2D eigenvalue weighted by Crippen LogP contribution is -2.14. The van der Waals surface area contributed by atoms with E-state index in [4.69, 9.17) is 4.98 Å². The molecule has 1 aromatic carbocycles. The van der Waals surface area contributed by atoms with Gasteiger partial charge in [0.2, 0.25) is 0 Å². The molecule has 3 heteroatoms. The molecule has 1 unspecified atom stereocenters. The van der Waals surface area contributed by atoms with Gasteiger partial charge in [0.25, 0.3) is 0 Å². The maximum absolute atomic E-state index is 4.80. The van der Waals surface area contributed by atoms with Gasteiger partial charge < -0.3 is 10.3 Å². The molecule has 1 aliphatic heterocycles. The summed E-state index contributed by atoms with van der Waals surface area (Å²) in [5, 5.41) is 3.49. The Balaban J connectivity index is 1.90. The van der Waals surface area contributed by atoms with Gasteiger partial charge in [-0.25, -0.2) is 4.98 Å². The molecule has 0 aliphatic carbocycles. The standard InChI is InChI=1S/C16H21N3/c1-3-12-6-8-13(9-7-12)15-11(2)18-16(19-15)14-5-4-10-17-14/h6-9,14,17H,3-5,10H2,1-2H3,(H,18,19). The molecular formula is C16H21N3. The molecule has 0 spiro atoms. The van der Waals surface area contributed by atoms with Crippen LogP contribution in [0.3, 0.4) is 0 Å². The molecule has 0 amide bonds. The summed E-state index contributed by atoms with van der Waals surface area (Å²) in [7, 11) is 0. The SMILES string of the molecule is CCc1ccc(-c2nc(C3CCCN3)[nH]c2C)cc1. The molecule has 3 nitrogen and oxygen atoms in total. The van der Waals surface area contributed by atoms with Crippen molar-refractivity contribution in [2.24, 2.45) is 0 Å². The molecule has 2 N–H and O–H groups in total. The fourth-order valence-corrected chi connectivity index (χ4v) is 2.75. The van der Waals surface area contributed by atoms with Crippen molar-refractivity contribution in [3.63, 3.8) is 0 Å². The van der Waals surface area contributed by atoms with E-state index in [0.717, 1.165) is 30.2 Å². The molecule has 1 fully saturated rings. The molecule has 3 rings (SSSR count). The molecule has 2 heterocycles. The lowest BCUT2D eigenvalue weighted by molar-refractivity contribution is 0.612. The highest BCUT2D eigenvalue weighted by atomic mass is 15.0. The Hall–Kier alpha value is -1.61. The first-order valence-corrected chi connectivity index (χ1v) is 7.17. The van der Waals surface area contributed by atoms with Crippen LogP contribution in [0.4, 0.5) is 0 Å². The number of aryl methyl sites for hydroxylation is 2. The average molecular weight is 255 g/mol. The fraction of sp³-hybridized carbons (Fsp3) is 0.438. The van der Waals surface area contributed by atoms with E-state index in [0.29, 0.717) is 6.04 Å². The minimum absolute atomic E-state index is 0.405. The van der Waals surface area contributed by atoms with Crippen molar-refractivity contribution in [1.82, 2.24) is 15.3 Å². The molecule has 1 aromatic heterocycles. The van der Waals surface area contributed by atoms with E-state index in [9.17, 15) is 0 Å². The average Bonchev–Trinajstić information content (AvgIpc) is 3.08. The van der Waals surface area contributed by atoms with Gasteiger partial charge in [-0.15, -0.1) is 0 Å². The topological polar surface area (TPSA) is 40.7 Å². The van der Waals surface area contributed by atoms with Crippen molar-refractivity contribution >= 4 is 0 Å². The van der Waals surface area contributed by atoms with Gasteiger partial charge in [0.15, 0.2) is 0 Å². The third kappa shape index (κ3) is 2.43. The molecule has 1 saturated heterocycles. The van der Waals surface area contributed by atoms with Crippen molar-refractivity contribution in [2.45, 2.75) is 39.2 Å². The monoisotopic (exact) mass is 255 g/mol. The second kappa shape index (κ2) is 5.17. The highest BCUT2D eigenvalue weighted by Crippen LogP contribution is 2.27. The highest BCUT2D eigenvalue weighted by Gasteiger charge is 2.20. The van der Waals surface area contributed by atoms with Gasteiger partial charge >= 0.3 is 0 Å². The summed E-state index contributed by atoms with van der Waals surface area (Å²) in [6.45, 7) is 5.39. The Morgan fingerprint density at radius 2 is 2.05 bits per heavy atom. The minimum atomic E-state index is 0.405. The van der Waals surface area contributed by atoms with Crippen LogP contribution in [0.15, 0.2) is 24.3 Å². The fourth-order valence-electron chi connectivity index (χ4n) is 2.75. The Morgan fingerprint density at radius 3 is 2.68 bits per heavy atom. The van der Waals surface area contributed by atoms with Crippen molar-refractivity contribution in [1.29, 1.82) is 0 Å². The molecule has 100 valence electrons. The third-order valence-corrected chi connectivity index (χ3v) is 3.93. The Labute approximate surface area is 114 Å². The molecule has 19 heavy (non-hydrogen) atoms. The van der Waals surface area contributed by atoms with Crippen LogP contribution >= 0.6 is 0 Å². The molecule has 2 aromatic rings. The first-order valence-electron chi connectivity index (χ1n) is 7.17. The number of benzene rings is 1. The number of aromatic amines is 1. The van der Waals surface area contributed by atoms with Crippen LogP contribution in [0.2, 0.25) is 0 Å². The van der Waals surface area contributed by atoms with Crippen LogP contribution < -0.4 is 5.32 Å². The van der Waals surface area contributed by atoms with E-state index in [1.807, 2.05) is 0 Å². The van der Waals surface area contributed by atoms with Crippen LogP contribution in [0, 0.1) is 6.92 Å². The van der Waals surface area contributed by atoms with Crippen LogP contribution in [0.1, 0.15) is 42.9 Å². The van der Waals surface area contributed by atoms with Crippen molar-refractivity contribution < 1.29 is 0 Å². The third-order valence-electron chi connectivity index (χ3n) is 3.93. The van der Waals surface area contributed by atoms with Gasteiger partial charge in [-0.1, -0.05) is 31.2 Å². The zero-order chi connectivity index (χ0) is 13.2. The van der Waals surface area contributed by atoms with Crippen LogP contribution in [-0.4, -0.2) is 16.5 Å². The number of nitrogens with one attached hydrogen (secondary N) is 2. The Bertz CT molecular complexity index is 548. The van der Waals surface area contributed by atoms with E-state index in [2.05, 4.69) is 48.4 Å². The van der Waals surface area contributed by atoms with E-state index < -0.39 is 0 Å². The largest absolute Gasteiger partial charge is 0.344 e. The maximum Gasteiger partial charge on any atom is 0.124 e. The van der Waals surface area contributed by atoms with E-state index in [1.54, 1.807) is 0 Å². The van der Waals surface area contributed by atoms with Gasteiger partial charge in [-0.2, -0.15) is 0 Å². The van der Waals surface area contributed by atoms with E-state index in [1.165, 1.54) is 24.0 Å². The summed E-state index contributed by atoms with van der Waals surface area (Å²) in [5.74, 6) is 1.09. The molecule has 0 bridgehead atoms. The smallest absolute Gasteiger partial charge is 0.124 e. The summed E-state index contributed by atoms with van der Waals surface area (Å²) in [6, 6.07) is 9.14. The number of imidazole rings is 1. The summed E-state index contributed by atoms with van der Waals surface area (Å²) < 4.78 is 0. The summed E-state index contributed by atoms with van der Waals surface area (Å²) in [6.07, 6.45) is 3.50. The molecule has 0 saturated carbocycles. The first kappa shape index (κ1) is 12.4. The summed E-state index contributed by atoms with van der Waals surface area (Å²) in [5.41, 5.74) is 4.82. The zero-order valence-corrected chi connectivity index (χ0v) is 11.7. The lowest BCUT2D eigenvalue weighted by atomic mass is 10.1. The number of nitrogens with zero attached hydrogens (tertiary/aromatic N) is 1. The van der Waals surface area contributed by atoms with Gasteiger partial charge in [0.1, 0.15) is 5.82 Å². The Morgan fingerprint density at radius 1 is 1.26 bits per heavy atom. The van der Waals surface area contributed by atoms with Gasteiger partial charge in [0, 0.05) is 11.3 Å². The maximum atomic E-state index is 4.80. The Kier molecular flexibility index (Phi) is 3.38. The number of hydrogen-bond donors (Lipinski definition) is 2. The normalized spacial score (nSPS) is 18.9. The predicted octanol–water partition coefficient (Wildman–Crippen LogP) is 3.37. The van der Waals surface area contributed by atoms with Gasteiger partial charge in [-0.05, 0) is 38.3 Å². The van der Waals surface area contributed by atoms with Crippen molar-refractivity contribution in [3.05, 3.63) is 41.3 Å².